The van der Waals surface area contributed by atoms with Crippen LogP contribution in [0.1, 0.15) is 41.1 Å². The number of rotatable bonds is 2. The van der Waals surface area contributed by atoms with Crippen LogP contribution in [0.3, 0.4) is 0 Å². The minimum atomic E-state index is -0.239. The van der Waals surface area contributed by atoms with E-state index in [0.29, 0.717) is 0 Å². The Labute approximate surface area is 147 Å². The van der Waals surface area contributed by atoms with Gasteiger partial charge < -0.3 is 10.2 Å². The molecule has 2 amide bonds. The SMILES string of the molecule is CN(C(=O)NC1CCc2ccc(F)cc21)C1CCc2ccccc2C1. The summed E-state index contributed by atoms with van der Waals surface area (Å²) in [5.74, 6) is -0.239. The van der Waals surface area contributed by atoms with E-state index in [9.17, 15) is 9.18 Å². The molecule has 1 N–H and O–H groups in total. The van der Waals surface area contributed by atoms with Gasteiger partial charge >= 0.3 is 6.03 Å². The minimum absolute atomic E-state index is 0.0634. The van der Waals surface area contributed by atoms with Crippen LogP contribution in [0.15, 0.2) is 42.5 Å². The fraction of sp³-hybridized carbons (Fsp3) is 0.381. The van der Waals surface area contributed by atoms with E-state index in [1.165, 1.54) is 17.2 Å². The molecule has 130 valence electrons. The van der Waals surface area contributed by atoms with Gasteiger partial charge in [-0.15, -0.1) is 0 Å². The third-order valence-corrected chi connectivity index (χ3v) is 5.67. The molecular formula is C21H23FN2O. The number of amides is 2. The molecule has 2 atom stereocenters. The van der Waals surface area contributed by atoms with Crippen molar-refractivity contribution < 1.29 is 9.18 Å². The number of carbonyl (C=O) groups is 1. The Kier molecular flexibility index (Phi) is 4.20. The van der Waals surface area contributed by atoms with E-state index >= 15 is 0 Å². The van der Waals surface area contributed by atoms with Crippen molar-refractivity contribution in [2.24, 2.45) is 0 Å². The first-order valence-corrected chi connectivity index (χ1v) is 9.00. The number of fused-ring (bicyclic) bond motifs is 2. The molecule has 0 saturated carbocycles. The second-order valence-electron chi connectivity index (χ2n) is 7.16. The van der Waals surface area contributed by atoms with Gasteiger partial charge in [0.05, 0.1) is 6.04 Å². The monoisotopic (exact) mass is 338 g/mol. The first kappa shape index (κ1) is 16.1. The lowest BCUT2D eigenvalue weighted by Gasteiger charge is -2.33. The predicted molar refractivity (Wildman–Crippen MR) is 96.0 cm³/mol. The van der Waals surface area contributed by atoms with Crippen LogP contribution < -0.4 is 5.32 Å². The quantitative estimate of drug-likeness (QED) is 0.881. The number of halogens is 1. The Balaban J connectivity index is 1.43. The fourth-order valence-electron chi connectivity index (χ4n) is 4.15. The molecule has 2 unspecified atom stereocenters. The van der Waals surface area contributed by atoms with Crippen molar-refractivity contribution >= 4 is 6.03 Å². The Hall–Kier alpha value is -2.36. The molecule has 0 aliphatic heterocycles. The molecule has 0 bridgehead atoms. The van der Waals surface area contributed by atoms with Crippen LogP contribution in [0, 0.1) is 5.82 Å². The average molecular weight is 338 g/mol. The van der Waals surface area contributed by atoms with E-state index in [4.69, 9.17) is 0 Å². The maximum atomic E-state index is 13.5. The molecule has 0 radical (unpaired) electrons. The van der Waals surface area contributed by atoms with Crippen molar-refractivity contribution in [3.8, 4) is 0 Å². The molecule has 2 aliphatic rings. The highest BCUT2D eigenvalue weighted by Gasteiger charge is 2.29. The first-order valence-electron chi connectivity index (χ1n) is 9.00. The zero-order valence-corrected chi connectivity index (χ0v) is 14.5. The second-order valence-corrected chi connectivity index (χ2v) is 7.16. The Morgan fingerprint density at radius 2 is 1.84 bits per heavy atom. The number of aryl methyl sites for hydroxylation is 2. The lowest BCUT2D eigenvalue weighted by molar-refractivity contribution is 0.180. The summed E-state index contributed by atoms with van der Waals surface area (Å²) in [6.07, 6.45) is 4.62. The van der Waals surface area contributed by atoms with E-state index in [1.54, 1.807) is 6.07 Å². The standard InChI is InChI=1S/C21H23FN2O/c1-24(18-10-7-14-4-2-3-5-16(14)12-18)21(25)23-20-11-8-15-6-9-17(22)13-19(15)20/h2-6,9,13,18,20H,7-8,10-12H2,1H3,(H,23,25). The maximum absolute atomic E-state index is 13.5. The molecule has 4 heteroatoms. The summed E-state index contributed by atoms with van der Waals surface area (Å²) in [6.45, 7) is 0. The van der Waals surface area contributed by atoms with Crippen molar-refractivity contribution in [3.63, 3.8) is 0 Å². The molecule has 3 nitrogen and oxygen atoms in total. The van der Waals surface area contributed by atoms with E-state index in [0.717, 1.165) is 43.2 Å². The van der Waals surface area contributed by atoms with Gasteiger partial charge in [0.1, 0.15) is 5.82 Å². The summed E-state index contributed by atoms with van der Waals surface area (Å²) < 4.78 is 13.5. The molecule has 4 rings (SSSR count). The highest BCUT2D eigenvalue weighted by Crippen LogP contribution is 2.32. The average Bonchev–Trinajstić information content (AvgIpc) is 3.02. The summed E-state index contributed by atoms with van der Waals surface area (Å²) in [5.41, 5.74) is 4.80. The lowest BCUT2D eigenvalue weighted by atomic mass is 9.88. The van der Waals surface area contributed by atoms with Gasteiger partial charge in [-0.1, -0.05) is 30.3 Å². The van der Waals surface area contributed by atoms with E-state index in [1.807, 2.05) is 18.0 Å². The highest BCUT2D eigenvalue weighted by molar-refractivity contribution is 5.75. The molecule has 2 aromatic rings. The van der Waals surface area contributed by atoms with Crippen molar-refractivity contribution in [2.75, 3.05) is 7.05 Å². The molecule has 2 aromatic carbocycles. The number of benzene rings is 2. The van der Waals surface area contributed by atoms with Gasteiger partial charge in [-0.2, -0.15) is 0 Å². The topological polar surface area (TPSA) is 32.3 Å². The molecule has 0 heterocycles. The van der Waals surface area contributed by atoms with Crippen LogP contribution >= 0.6 is 0 Å². The number of likely N-dealkylation sites (N-methyl/N-ethyl adjacent to an activating group) is 1. The van der Waals surface area contributed by atoms with Crippen LogP contribution in [-0.2, 0) is 19.3 Å². The summed E-state index contributed by atoms with van der Waals surface area (Å²) >= 11 is 0. The van der Waals surface area contributed by atoms with Crippen molar-refractivity contribution in [1.29, 1.82) is 0 Å². The third-order valence-electron chi connectivity index (χ3n) is 5.67. The van der Waals surface area contributed by atoms with Gasteiger partial charge in [0, 0.05) is 13.1 Å². The van der Waals surface area contributed by atoms with Crippen LogP contribution in [0.25, 0.3) is 0 Å². The second kappa shape index (κ2) is 6.51. The van der Waals surface area contributed by atoms with Gasteiger partial charge in [-0.05, 0) is 66.5 Å². The Morgan fingerprint density at radius 3 is 2.68 bits per heavy atom. The summed E-state index contributed by atoms with van der Waals surface area (Å²) in [6, 6.07) is 13.4. The van der Waals surface area contributed by atoms with Crippen molar-refractivity contribution in [2.45, 2.75) is 44.2 Å². The zero-order valence-electron chi connectivity index (χ0n) is 14.5. The number of hydrogen-bond acceptors (Lipinski definition) is 1. The molecule has 25 heavy (non-hydrogen) atoms. The summed E-state index contributed by atoms with van der Waals surface area (Å²) in [4.78, 5) is 14.6. The first-order chi connectivity index (χ1) is 12.1. The maximum Gasteiger partial charge on any atom is 0.317 e. The van der Waals surface area contributed by atoms with E-state index in [-0.39, 0.29) is 23.9 Å². The minimum Gasteiger partial charge on any atom is -0.331 e. The number of nitrogens with one attached hydrogen (secondary N) is 1. The molecule has 0 saturated heterocycles. The van der Waals surface area contributed by atoms with Gasteiger partial charge in [-0.25, -0.2) is 9.18 Å². The fourth-order valence-corrected chi connectivity index (χ4v) is 4.15. The summed E-state index contributed by atoms with van der Waals surface area (Å²) in [5, 5.41) is 3.10. The molecule has 2 aliphatic carbocycles. The van der Waals surface area contributed by atoms with Crippen LogP contribution in [0.2, 0.25) is 0 Å². The lowest BCUT2D eigenvalue weighted by Crippen LogP contribution is -2.46. The number of carbonyl (C=O) groups excluding carboxylic acids is 1. The molecule has 0 aromatic heterocycles. The zero-order chi connectivity index (χ0) is 17.4. The normalized spacial score (nSPS) is 21.4. The number of hydrogen-bond donors (Lipinski definition) is 1. The van der Waals surface area contributed by atoms with Crippen LogP contribution in [-0.4, -0.2) is 24.0 Å². The van der Waals surface area contributed by atoms with Gasteiger partial charge in [-0.3, -0.25) is 0 Å². The van der Waals surface area contributed by atoms with Crippen molar-refractivity contribution in [3.05, 3.63) is 70.5 Å². The molecule has 0 fully saturated rings. The predicted octanol–water partition coefficient (Wildman–Crippen LogP) is 4.01. The Bertz CT molecular complexity index is 804. The smallest absolute Gasteiger partial charge is 0.317 e. The number of urea groups is 1. The summed E-state index contributed by atoms with van der Waals surface area (Å²) in [7, 11) is 1.87. The van der Waals surface area contributed by atoms with Crippen LogP contribution in [0.5, 0.6) is 0 Å². The largest absolute Gasteiger partial charge is 0.331 e. The molecular weight excluding hydrogens is 315 g/mol. The Morgan fingerprint density at radius 1 is 1.08 bits per heavy atom. The third kappa shape index (κ3) is 3.13. The van der Waals surface area contributed by atoms with E-state index in [2.05, 4.69) is 29.6 Å². The van der Waals surface area contributed by atoms with Gasteiger partial charge in [0.25, 0.3) is 0 Å². The number of nitrogens with zero attached hydrogens (tertiary/aromatic N) is 1. The van der Waals surface area contributed by atoms with Gasteiger partial charge in [0.15, 0.2) is 0 Å². The van der Waals surface area contributed by atoms with Crippen LogP contribution in [0.4, 0.5) is 9.18 Å². The van der Waals surface area contributed by atoms with E-state index < -0.39 is 0 Å². The van der Waals surface area contributed by atoms with Gasteiger partial charge in [0.2, 0.25) is 0 Å². The highest BCUT2D eigenvalue weighted by atomic mass is 19.1. The molecule has 0 spiro atoms. The van der Waals surface area contributed by atoms with Crippen molar-refractivity contribution in [1.82, 2.24) is 10.2 Å².